The van der Waals surface area contributed by atoms with E-state index in [-0.39, 0.29) is 12.3 Å². The first-order valence-corrected chi connectivity index (χ1v) is 13.5. The lowest BCUT2D eigenvalue weighted by atomic mass is 9.93. The fourth-order valence-electron chi connectivity index (χ4n) is 4.93. The number of halogens is 2. The van der Waals surface area contributed by atoms with Crippen LogP contribution in [0.5, 0.6) is 11.6 Å². The van der Waals surface area contributed by atoms with Gasteiger partial charge in [0.2, 0.25) is 11.8 Å². The highest BCUT2D eigenvalue weighted by molar-refractivity contribution is 6.35. The lowest BCUT2D eigenvalue weighted by molar-refractivity contribution is -0.138. The van der Waals surface area contributed by atoms with Crippen LogP contribution in [0.25, 0.3) is 11.3 Å². The number of carboxylic acids is 1. The predicted octanol–water partition coefficient (Wildman–Crippen LogP) is 5.10. The second-order valence-corrected chi connectivity index (χ2v) is 10.7. The van der Waals surface area contributed by atoms with Gasteiger partial charge in [0.25, 0.3) is 0 Å². The summed E-state index contributed by atoms with van der Waals surface area (Å²) in [6.07, 6.45) is 6.27. The molecule has 0 amide bonds. The number of benzene rings is 1. The lowest BCUT2D eigenvalue weighted by Gasteiger charge is -2.31. The molecule has 2 fully saturated rings. The van der Waals surface area contributed by atoms with Crippen molar-refractivity contribution >= 4 is 35.1 Å². The number of rotatable bonds is 9. The van der Waals surface area contributed by atoms with Crippen LogP contribution in [-0.2, 0) is 11.3 Å². The highest BCUT2D eigenvalue weighted by Gasteiger charge is 2.22. The van der Waals surface area contributed by atoms with Gasteiger partial charge in [-0.3, -0.25) is 9.69 Å². The van der Waals surface area contributed by atoms with Gasteiger partial charge in [-0.2, -0.15) is 0 Å². The maximum Gasteiger partial charge on any atom is 0.303 e. The number of aliphatic carboxylic acids is 1. The van der Waals surface area contributed by atoms with E-state index in [0.717, 1.165) is 56.6 Å². The number of hydrogen-bond donors (Lipinski definition) is 3. The van der Waals surface area contributed by atoms with Crippen molar-refractivity contribution in [2.45, 2.75) is 38.3 Å². The number of likely N-dealkylation sites (tertiary alicyclic amines) is 1. The molecule has 3 aromatic rings. The van der Waals surface area contributed by atoms with Crippen LogP contribution in [0.2, 0.25) is 10.0 Å². The average Bonchev–Trinajstić information content (AvgIpc) is 3.39. The summed E-state index contributed by atoms with van der Waals surface area (Å²) >= 11 is 12.5. The third-order valence-corrected chi connectivity index (χ3v) is 7.28. The van der Waals surface area contributed by atoms with Gasteiger partial charge in [0.05, 0.1) is 18.1 Å². The standard InChI is InChI=1S/C27H30Cl2N6O3/c28-20-10-19(11-21(29)12-20)24-7-18(16-35-5-2-17(3-6-35)9-26(36)37)8-25(34-24)38-23-14-31-27(32-15-23)33-22-1-4-30-13-22/h7-8,10-12,14-15,17,22,30H,1-6,9,13,16H2,(H,36,37)(H,31,32,33). The van der Waals surface area contributed by atoms with Crippen molar-refractivity contribution in [3.63, 3.8) is 0 Å². The second-order valence-electron chi connectivity index (χ2n) is 9.85. The Morgan fingerprint density at radius 3 is 2.47 bits per heavy atom. The zero-order valence-electron chi connectivity index (χ0n) is 20.9. The number of ether oxygens (including phenoxy) is 1. The number of carbonyl (C=O) groups is 1. The highest BCUT2D eigenvalue weighted by Crippen LogP contribution is 2.31. The Labute approximate surface area is 231 Å². The smallest absolute Gasteiger partial charge is 0.303 e. The molecule has 4 heterocycles. The molecule has 9 nitrogen and oxygen atoms in total. The first kappa shape index (κ1) is 26.6. The van der Waals surface area contributed by atoms with Gasteiger partial charge in [0.15, 0.2) is 5.75 Å². The fraction of sp³-hybridized carbons (Fsp3) is 0.407. The van der Waals surface area contributed by atoms with Crippen LogP contribution in [0.4, 0.5) is 5.95 Å². The van der Waals surface area contributed by atoms with Gasteiger partial charge in [-0.05, 0) is 74.6 Å². The Morgan fingerprint density at radius 2 is 1.82 bits per heavy atom. The van der Waals surface area contributed by atoms with Crippen LogP contribution < -0.4 is 15.4 Å². The molecule has 0 bridgehead atoms. The molecule has 5 rings (SSSR count). The van der Waals surface area contributed by atoms with E-state index >= 15 is 0 Å². The molecule has 2 aromatic heterocycles. The molecule has 200 valence electrons. The van der Waals surface area contributed by atoms with Crippen LogP contribution in [0.3, 0.4) is 0 Å². The molecule has 1 atom stereocenters. The Balaban J connectivity index is 1.34. The largest absolute Gasteiger partial charge is 0.481 e. The first-order chi connectivity index (χ1) is 18.4. The minimum atomic E-state index is -0.729. The van der Waals surface area contributed by atoms with Gasteiger partial charge in [0.1, 0.15) is 0 Å². The number of carboxylic acid groups (broad SMARTS) is 1. The maximum absolute atomic E-state index is 11.1. The first-order valence-electron chi connectivity index (χ1n) is 12.8. The number of nitrogens with zero attached hydrogens (tertiary/aromatic N) is 4. The maximum atomic E-state index is 11.1. The van der Waals surface area contributed by atoms with Crippen molar-refractivity contribution in [3.8, 4) is 22.9 Å². The second kappa shape index (κ2) is 12.3. The molecule has 11 heteroatoms. The summed E-state index contributed by atoms with van der Waals surface area (Å²) in [5, 5.41) is 16.8. The lowest BCUT2D eigenvalue weighted by Crippen LogP contribution is -2.33. The van der Waals surface area contributed by atoms with Gasteiger partial charge in [-0.15, -0.1) is 0 Å². The van der Waals surface area contributed by atoms with Gasteiger partial charge >= 0.3 is 5.97 Å². The van der Waals surface area contributed by atoms with Gasteiger partial charge in [0, 0.05) is 47.2 Å². The van der Waals surface area contributed by atoms with E-state index in [0.29, 0.717) is 45.9 Å². The Kier molecular flexibility index (Phi) is 8.58. The molecule has 38 heavy (non-hydrogen) atoms. The minimum absolute atomic E-state index is 0.228. The number of nitrogens with one attached hydrogen (secondary N) is 2. The van der Waals surface area contributed by atoms with Crippen LogP contribution >= 0.6 is 23.2 Å². The SMILES string of the molecule is O=C(O)CC1CCN(Cc2cc(Oc3cnc(NC4CCNC4)nc3)nc(-c3cc(Cl)cc(Cl)c3)c2)CC1. The molecule has 0 aliphatic carbocycles. The van der Waals surface area contributed by atoms with Gasteiger partial charge in [-0.25, -0.2) is 15.0 Å². The van der Waals surface area contributed by atoms with Crippen LogP contribution in [0, 0.1) is 5.92 Å². The highest BCUT2D eigenvalue weighted by atomic mass is 35.5. The van der Waals surface area contributed by atoms with E-state index in [1.165, 1.54) is 0 Å². The van der Waals surface area contributed by atoms with E-state index in [2.05, 4.69) is 25.5 Å². The molecule has 2 aliphatic heterocycles. The van der Waals surface area contributed by atoms with Crippen molar-refractivity contribution in [2.75, 3.05) is 31.5 Å². The molecular formula is C27H30Cl2N6O3. The van der Waals surface area contributed by atoms with Crippen molar-refractivity contribution in [3.05, 3.63) is 58.3 Å². The number of aromatic nitrogens is 3. The number of piperidine rings is 1. The zero-order chi connectivity index (χ0) is 26.5. The molecule has 0 saturated carbocycles. The third kappa shape index (κ3) is 7.32. The molecule has 0 radical (unpaired) electrons. The minimum Gasteiger partial charge on any atom is -0.481 e. The van der Waals surface area contributed by atoms with Crippen molar-refractivity contribution in [2.24, 2.45) is 5.92 Å². The Morgan fingerprint density at radius 1 is 1.08 bits per heavy atom. The zero-order valence-corrected chi connectivity index (χ0v) is 22.4. The summed E-state index contributed by atoms with van der Waals surface area (Å²) < 4.78 is 6.09. The number of hydrogen-bond acceptors (Lipinski definition) is 8. The van der Waals surface area contributed by atoms with Gasteiger partial charge in [-0.1, -0.05) is 23.2 Å². The quantitative estimate of drug-likeness (QED) is 0.331. The van der Waals surface area contributed by atoms with Crippen LogP contribution in [0.15, 0.2) is 42.7 Å². The number of anilines is 1. The molecular weight excluding hydrogens is 527 g/mol. The van der Waals surface area contributed by atoms with E-state index in [1.54, 1.807) is 18.5 Å². The van der Waals surface area contributed by atoms with E-state index in [4.69, 9.17) is 38.0 Å². The normalized spacial score (nSPS) is 18.4. The molecule has 1 aromatic carbocycles. The third-order valence-electron chi connectivity index (χ3n) is 6.84. The topological polar surface area (TPSA) is 112 Å². The van der Waals surface area contributed by atoms with Crippen LogP contribution in [0.1, 0.15) is 31.2 Å². The number of pyridine rings is 1. The molecule has 0 spiro atoms. The molecule has 1 unspecified atom stereocenters. The summed E-state index contributed by atoms with van der Waals surface area (Å²) in [7, 11) is 0. The van der Waals surface area contributed by atoms with E-state index < -0.39 is 5.97 Å². The summed E-state index contributed by atoms with van der Waals surface area (Å²) in [5.74, 6) is 0.959. The summed E-state index contributed by atoms with van der Waals surface area (Å²) in [6, 6.07) is 9.57. The Hall–Kier alpha value is -2.98. The van der Waals surface area contributed by atoms with Gasteiger partial charge < -0.3 is 20.5 Å². The van der Waals surface area contributed by atoms with E-state index in [9.17, 15) is 4.79 Å². The predicted molar refractivity (Wildman–Crippen MR) is 147 cm³/mol. The van der Waals surface area contributed by atoms with Crippen molar-refractivity contribution < 1.29 is 14.6 Å². The summed E-state index contributed by atoms with van der Waals surface area (Å²) in [6.45, 7) is 4.25. The van der Waals surface area contributed by atoms with Crippen molar-refractivity contribution in [1.82, 2.24) is 25.2 Å². The summed E-state index contributed by atoms with van der Waals surface area (Å²) in [5.41, 5.74) is 2.50. The molecule has 2 saturated heterocycles. The monoisotopic (exact) mass is 556 g/mol. The van der Waals surface area contributed by atoms with E-state index in [1.807, 2.05) is 24.3 Å². The van der Waals surface area contributed by atoms with Crippen LogP contribution in [-0.4, -0.2) is 63.1 Å². The molecule has 3 N–H and O–H groups in total. The Bertz CT molecular complexity index is 1240. The average molecular weight is 557 g/mol. The molecule has 2 aliphatic rings. The fourth-order valence-corrected chi connectivity index (χ4v) is 5.46. The summed E-state index contributed by atoms with van der Waals surface area (Å²) in [4.78, 5) is 26.9. The van der Waals surface area contributed by atoms with Crippen molar-refractivity contribution in [1.29, 1.82) is 0 Å².